The molecule has 1 saturated carbocycles. The zero-order valence-corrected chi connectivity index (χ0v) is 11.0. The van der Waals surface area contributed by atoms with E-state index in [2.05, 4.69) is 15.9 Å². The van der Waals surface area contributed by atoms with E-state index in [-0.39, 0.29) is 16.9 Å². The van der Waals surface area contributed by atoms with Crippen LogP contribution in [-0.4, -0.2) is 5.38 Å². The van der Waals surface area contributed by atoms with Gasteiger partial charge in [0.2, 0.25) is 0 Å². The van der Waals surface area contributed by atoms with Crippen molar-refractivity contribution in [1.82, 2.24) is 0 Å². The average Bonchev–Trinajstić information content (AvgIpc) is 2.65. The quantitative estimate of drug-likeness (QED) is 0.550. The van der Waals surface area contributed by atoms with Crippen molar-refractivity contribution in [3.63, 3.8) is 0 Å². The second-order valence-corrected chi connectivity index (χ2v) is 5.65. The molecule has 16 heavy (non-hydrogen) atoms. The number of hydrogen-bond acceptors (Lipinski definition) is 0. The van der Waals surface area contributed by atoms with Crippen molar-refractivity contribution in [3.05, 3.63) is 33.8 Å². The van der Waals surface area contributed by atoms with Gasteiger partial charge in [-0.1, -0.05) is 6.42 Å². The number of halogens is 4. The molecule has 0 saturated heterocycles. The van der Waals surface area contributed by atoms with Gasteiger partial charge in [0, 0.05) is 10.9 Å². The second kappa shape index (κ2) is 5.01. The first-order valence-corrected chi connectivity index (χ1v) is 6.59. The van der Waals surface area contributed by atoms with E-state index in [1.807, 2.05) is 0 Å². The van der Waals surface area contributed by atoms with E-state index in [0.29, 0.717) is 10.9 Å². The van der Waals surface area contributed by atoms with E-state index in [1.165, 1.54) is 12.1 Å². The maximum Gasteiger partial charge on any atom is 0.143 e. The summed E-state index contributed by atoms with van der Waals surface area (Å²) in [7, 11) is 0. The molecule has 0 heterocycles. The van der Waals surface area contributed by atoms with Crippen molar-refractivity contribution in [3.8, 4) is 0 Å². The summed E-state index contributed by atoms with van der Waals surface area (Å²) in [5.74, 6) is -0.771. The number of hydrogen-bond donors (Lipinski definition) is 0. The third-order valence-corrected chi connectivity index (χ3v) is 4.36. The van der Waals surface area contributed by atoms with E-state index >= 15 is 0 Å². The fourth-order valence-corrected chi connectivity index (χ4v) is 2.98. The average molecular weight is 310 g/mol. The highest BCUT2D eigenvalue weighted by molar-refractivity contribution is 9.10. The highest BCUT2D eigenvalue weighted by Crippen LogP contribution is 2.34. The molecule has 0 nitrogen and oxygen atoms in total. The lowest BCUT2D eigenvalue weighted by Crippen LogP contribution is -2.12. The van der Waals surface area contributed by atoms with Gasteiger partial charge in [-0.3, -0.25) is 0 Å². The molecular formula is C12H12BrClF2. The predicted octanol–water partition coefficient (Wildman–Crippen LogP) is 4.68. The minimum absolute atomic E-state index is 0.0535. The van der Waals surface area contributed by atoms with Gasteiger partial charge in [-0.05, 0) is 53.2 Å². The van der Waals surface area contributed by atoms with Gasteiger partial charge in [0.15, 0.2) is 0 Å². The standard InChI is InChI=1S/C12H12BrClF2/c13-9-4-5-11(15)8(12(9)16)6-7-2-1-3-10(7)14/h4-5,7,10H,1-3,6H2. The molecule has 0 bridgehead atoms. The SMILES string of the molecule is Fc1ccc(Br)c(F)c1CC1CCCC1Cl. The highest BCUT2D eigenvalue weighted by Gasteiger charge is 2.27. The van der Waals surface area contributed by atoms with Gasteiger partial charge in [-0.2, -0.15) is 0 Å². The molecule has 1 fully saturated rings. The molecule has 0 N–H and O–H groups in total. The minimum Gasteiger partial charge on any atom is -0.207 e. The first-order chi connectivity index (χ1) is 7.59. The Labute approximate surface area is 107 Å². The van der Waals surface area contributed by atoms with Crippen LogP contribution < -0.4 is 0 Å². The Balaban J connectivity index is 2.23. The van der Waals surface area contributed by atoms with Crippen molar-refractivity contribution in [1.29, 1.82) is 0 Å². The molecule has 1 aliphatic rings. The number of alkyl halides is 1. The summed E-state index contributed by atoms with van der Waals surface area (Å²) in [5.41, 5.74) is 0.159. The van der Waals surface area contributed by atoms with Gasteiger partial charge in [-0.25, -0.2) is 8.78 Å². The fraction of sp³-hybridized carbons (Fsp3) is 0.500. The Morgan fingerprint density at radius 1 is 1.31 bits per heavy atom. The zero-order chi connectivity index (χ0) is 11.7. The van der Waals surface area contributed by atoms with Gasteiger partial charge < -0.3 is 0 Å². The Morgan fingerprint density at radius 3 is 2.69 bits per heavy atom. The lowest BCUT2D eigenvalue weighted by molar-refractivity contribution is 0.492. The molecular weight excluding hydrogens is 297 g/mol. The molecule has 2 rings (SSSR count). The Hall–Kier alpha value is -0.150. The minimum atomic E-state index is -0.490. The topological polar surface area (TPSA) is 0 Å². The van der Waals surface area contributed by atoms with Crippen LogP contribution in [0.5, 0.6) is 0 Å². The second-order valence-electron chi connectivity index (χ2n) is 4.23. The predicted molar refractivity (Wildman–Crippen MR) is 64.7 cm³/mol. The molecule has 1 aromatic carbocycles. The summed E-state index contributed by atoms with van der Waals surface area (Å²) in [6.07, 6.45) is 3.35. The molecule has 2 atom stereocenters. The van der Waals surface area contributed by atoms with Crippen LogP contribution in [0, 0.1) is 17.6 Å². The lowest BCUT2D eigenvalue weighted by Gasteiger charge is -2.15. The summed E-state index contributed by atoms with van der Waals surface area (Å²) < 4.78 is 27.5. The molecule has 1 aliphatic carbocycles. The van der Waals surface area contributed by atoms with Crippen molar-refractivity contribution in [2.24, 2.45) is 5.92 Å². The first kappa shape index (κ1) is 12.3. The molecule has 0 amide bonds. The largest absolute Gasteiger partial charge is 0.207 e. The van der Waals surface area contributed by atoms with E-state index in [4.69, 9.17) is 11.6 Å². The normalized spacial score (nSPS) is 25.0. The van der Waals surface area contributed by atoms with Crippen LogP contribution in [0.15, 0.2) is 16.6 Å². The number of rotatable bonds is 2. The summed E-state index contributed by atoms with van der Waals surface area (Å²) in [6, 6.07) is 2.68. The van der Waals surface area contributed by atoms with E-state index < -0.39 is 11.6 Å². The van der Waals surface area contributed by atoms with Crippen LogP contribution in [0.1, 0.15) is 24.8 Å². The van der Waals surface area contributed by atoms with Gasteiger partial charge >= 0.3 is 0 Å². The van der Waals surface area contributed by atoms with Gasteiger partial charge in [0.1, 0.15) is 11.6 Å². The van der Waals surface area contributed by atoms with Crippen LogP contribution in [0.3, 0.4) is 0 Å². The molecule has 0 spiro atoms. The number of benzene rings is 1. The van der Waals surface area contributed by atoms with Crippen LogP contribution in [0.4, 0.5) is 8.78 Å². The maximum absolute atomic E-state index is 13.7. The fourth-order valence-electron chi connectivity index (χ4n) is 2.24. The summed E-state index contributed by atoms with van der Waals surface area (Å²) >= 11 is 9.19. The monoisotopic (exact) mass is 308 g/mol. The summed E-state index contributed by atoms with van der Waals surface area (Å²) in [5, 5.41) is 0.0535. The molecule has 4 heteroatoms. The first-order valence-electron chi connectivity index (χ1n) is 5.36. The van der Waals surface area contributed by atoms with Crippen LogP contribution in [0.2, 0.25) is 0 Å². The molecule has 0 aromatic heterocycles. The van der Waals surface area contributed by atoms with Crippen molar-refractivity contribution >= 4 is 27.5 Å². The molecule has 1 aromatic rings. The third-order valence-electron chi connectivity index (χ3n) is 3.17. The highest BCUT2D eigenvalue weighted by atomic mass is 79.9. The van der Waals surface area contributed by atoms with Gasteiger partial charge in [0.25, 0.3) is 0 Å². The Morgan fingerprint density at radius 2 is 2.06 bits per heavy atom. The lowest BCUT2D eigenvalue weighted by atomic mass is 9.97. The van der Waals surface area contributed by atoms with Gasteiger partial charge in [-0.15, -0.1) is 11.6 Å². The molecule has 0 radical (unpaired) electrons. The van der Waals surface area contributed by atoms with Crippen molar-refractivity contribution in [2.75, 3.05) is 0 Å². The maximum atomic E-state index is 13.7. The van der Waals surface area contributed by atoms with Crippen molar-refractivity contribution in [2.45, 2.75) is 31.1 Å². The molecule has 2 unspecified atom stereocenters. The summed E-state index contributed by atoms with van der Waals surface area (Å²) in [4.78, 5) is 0. The van der Waals surface area contributed by atoms with Crippen LogP contribution in [0.25, 0.3) is 0 Å². The van der Waals surface area contributed by atoms with Crippen LogP contribution >= 0.6 is 27.5 Å². The zero-order valence-electron chi connectivity index (χ0n) is 8.65. The Kier molecular flexibility index (Phi) is 3.85. The third kappa shape index (κ3) is 2.40. The van der Waals surface area contributed by atoms with Crippen molar-refractivity contribution < 1.29 is 8.78 Å². The van der Waals surface area contributed by atoms with Gasteiger partial charge in [0.05, 0.1) is 4.47 Å². The summed E-state index contributed by atoms with van der Waals surface area (Å²) in [6.45, 7) is 0. The van der Waals surface area contributed by atoms with E-state index in [1.54, 1.807) is 0 Å². The van der Waals surface area contributed by atoms with E-state index in [9.17, 15) is 8.78 Å². The molecule has 88 valence electrons. The Bertz CT molecular complexity index is 395. The molecule has 0 aliphatic heterocycles. The van der Waals surface area contributed by atoms with E-state index in [0.717, 1.165) is 19.3 Å². The smallest absolute Gasteiger partial charge is 0.143 e. The van der Waals surface area contributed by atoms with Crippen LogP contribution in [-0.2, 0) is 6.42 Å².